The van der Waals surface area contributed by atoms with E-state index in [2.05, 4.69) is 12.2 Å². The van der Waals surface area contributed by atoms with Gasteiger partial charge in [0.1, 0.15) is 0 Å². The van der Waals surface area contributed by atoms with E-state index in [1.807, 2.05) is 0 Å². The summed E-state index contributed by atoms with van der Waals surface area (Å²) in [5.74, 6) is 3.01. The normalized spacial score (nSPS) is 46.7. The topological polar surface area (TPSA) is 38.0 Å². The van der Waals surface area contributed by atoms with Crippen molar-refractivity contribution in [1.82, 2.24) is 5.32 Å². The molecule has 90 valence electrons. The van der Waals surface area contributed by atoms with Gasteiger partial charge < -0.3 is 11.1 Å². The zero-order valence-electron chi connectivity index (χ0n) is 10.0. The second kappa shape index (κ2) is 3.59. The van der Waals surface area contributed by atoms with Crippen molar-refractivity contribution in [2.24, 2.45) is 28.9 Å². The first-order valence-corrected chi connectivity index (χ1v) is 7.04. The van der Waals surface area contributed by atoms with E-state index in [1.54, 1.807) is 0 Å². The van der Waals surface area contributed by atoms with E-state index < -0.39 is 0 Å². The second-order valence-corrected chi connectivity index (χ2v) is 6.95. The Labute approximate surface area is 103 Å². The van der Waals surface area contributed by atoms with Crippen LogP contribution in [0.5, 0.6) is 0 Å². The molecule has 4 saturated carbocycles. The summed E-state index contributed by atoms with van der Waals surface area (Å²) in [7, 11) is 0. The van der Waals surface area contributed by atoms with Crippen molar-refractivity contribution in [2.75, 3.05) is 0 Å². The number of rotatable bonds is 2. The molecule has 0 heterocycles. The lowest BCUT2D eigenvalue weighted by atomic mass is 9.48. The van der Waals surface area contributed by atoms with Crippen molar-refractivity contribution in [3.63, 3.8) is 0 Å². The van der Waals surface area contributed by atoms with E-state index in [-0.39, 0.29) is 0 Å². The first-order chi connectivity index (χ1) is 7.57. The standard InChI is InChI=1S/C13H22N2S/c1-8(15-12(14)16)13-5-9-2-10(6-13)4-11(3-9)7-13/h8-11H,2-7H2,1H3,(H3,14,15,16). The highest BCUT2D eigenvalue weighted by Crippen LogP contribution is 2.61. The maximum absolute atomic E-state index is 5.63. The first-order valence-electron chi connectivity index (χ1n) is 6.63. The fourth-order valence-electron chi connectivity index (χ4n) is 5.07. The van der Waals surface area contributed by atoms with Crippen LogP contribution in [0.2, 0.25) is 0 Å². The molecule has 4 aliphatic carbocycles. The minimum Gasteiger partial charge on any atom is -0.376 e. The van der Waals surface area contributed by atoms with E-state index in [0.29, 0.717) is 16.6 Å². The number of nitrogens with one attached hydrogen (secondary N) is 1. The zero-order chi connectivity index (χ0) is 11.3. The molecular formula is C13H22N2S. The van der Waals surface area contributed by atoms with Gasteiger partial charge >= 0.3 is 0 Å². The fraction of sp³-hybridized carbons (Fsp3) is 0.923. The highest BCUT2D eigenvalue weighted by Gasteiger charge is 2.53. The highest BCUT2D eigenvalue weighted by atomic mass is 32.1. The van der Waals surface area contributed by atoms with Gasteiger partial charge in [0.05, 0.1) is 0 Å². The van der Waals surface area contributed by atoms with Gasteiger partial charge in [0.25, 0.3) is 0 Å². The van der Waals surface area contributed by atoms with Crippen molar-refractivity contribution in [3.05, 3.63) is 0 Å². The molecule has 4 fully saturated rings. The number of nitrogens with two attached hydrogens (primary N) is 1. The van der Waals surface area contributed by atoms with Gasteiger partial charge in [-0.05, 0) is 80.8 Å². The quantitative estimate of drug-likeness (QED) is 0.726. The van der Waals surface area contributed by atoms with E-state index >= 15 is 0 Å². The summed E-state index contributed by atoms with van der Waals surface area (Å²) in [6.45, 7) is 2.28. The van der Waals surface area contributed by atoms with Crippen LogP contribution in [0.3, 0.4) is 0 Å². The smallest absolute Gasteiger partial charge is 0.163 e. The predicted molar refractivity (Wildman–Crippen MR) is 70.0 cm³/mol. The molecule has 0 aliphatic heterocycles. The van der Waals surface area contributed by atoms with E-state index in [4.69, 9.17) is 18.0 Å². The van der Waals surface area contributed by atoms with Gasteiger partial charge in [-0.15, -0.1) is 0 Å². The zero-order valence-corrected chi connectivity index (χ0v) is 10.9. The van der Waals surface area contributed by atoms with Crippen LogP contribution in [0.25, 0.3) is 0 Å². The van der Waals surface area contributed by atoms with Crippen LogP contribution in [0.4, 0.5) is 0 Å². The number of thiocarbonyl (C=S) groups is 1. The summed E-state index contributed by atoms with van der Waals surface area (Å²) in [5.41, 5.74) is 6.14. The Kier molecular flexibility index (Phi) is 2.43. The molecule has 0 radical (unpaired) electrons. The van der Waals surface area contributed by atoms with Crippen molar-refractivity contribution in [2.45, 2.75) is 51.5 Å². The van der Waals surface area contributed by atoms with Crippen molar-refractivity contribution >= 4 is 17.3 Å². The fourth-order valence-corrected chi connectivity index (χ4v) is 5.25. The monoisotopic (exact) mass is 238 g/mol. The third-order valence-corrected chi connectivity index (χ3v) is 5.48. The second-order valence-electron chi connectivity index (χ2n) is 6.51. The number of hydrogen-bond acceptors (Lipinski definition) is 1. The van der Waals surface area contributed by atoms with Gasteiger partial charge in [-0.2, -0.15) is 0 Å². The van der Waals surface area contributed by atoms with E-state index in [1.165, 1.54) is 38.5 Å². The lowest BCUT2D eigenvalue weighted by Gasteiger charge is -2.59. The van der Waals surface area contributed by atoms with Gasteiger partial charge in [0.15, 0.2) is 5.11 Å². The summed E-state index contributed by atoms with van der Waals surface area (Å²) in [6.07, 6.45) is 8.73. The van der Waals surface area contributed by atoms with Crippen LogP contribution in [0, 0.1) is 23.2 Å². The third-order valence-electron chi connectivity index (χ3n) is 5.36. The minimum atomic E-state index is 0.471. The Morgan fingerprint density at radius 2 is 1.62 bits per heavy atom. The van der Waals surface area contributed by atoms with Crippen LogP contribution in [-0.2, 0) is 0 Å². The Bertz CT molecular complexity index is 278. The van der Waals surface area contributed by atoms with Crippen LogP contribution < -0.4 is 11.1 Å². The Hall–Kier alpha value is -0.310. The molecule has 4 aliphatic rings. The van der Waals surface area contributed by atoms with Gasteiger partial charge in [0.2, 0.25) is 0 Å². The molecule has 3 heteroatoms. The van der Waals surface area contributed by atoms with Crippen molar-refractivity contribution in [3.8, 4) is 0 Å². The first kappa shape index (κ1) is 10.8. The highest BCUT2D eigenvalue weighted by molar-refractivity contribution is 7.80. The summed E-state index contributed by atoms with van der Waals surface area (Å²) in [5, 5.41) is 3.78. The maximum atomic E-state index is 5.63. The number of hydrogen-bond donors (Lipinski definition) is 2. The van der Waals surface area contributed by atoms with Crippen molar-refractivity contribution in [1.29, 1.82) is 0 Å². The molecule has 0 aromatic heterocycles. The van der Waals surface area contributed by atoms with Crippen LogP contribution >= 0.6 is 12.2 Å². The molecule has 0 aromatic rings. The molecule has 0 saturated heterocycles. The summed E-state index contributed by atoms with van der Waals surface area (Å²) < 4.78 is 0. The lowest BCUT2D eigenvalue weighted by Crippen LogP contribution is -2.56. The largest absolute Gasteiger partial charge is 0.376 e. The molecule has 4 rings (SSSR count). The molecule has 1 unspecified atom stereocenters. The molecule has 16 heavy (non-hydrogen) atoms. The Morgan fingerprint density at radius 3 is 2.00 bits per heavy atom. The Morgan fingerprint density at radius 1 is 1.19 bits per heavy atom. The van der Waals surface area contributed by atoms with Gasteiger partial charge in [0, 0.05) is 6.04 Å². The summed E-state index contributed by atoms with van der Waals surface area (Å²) in [4.78, 5) is 0. The molecule has 0 amide bonds. The minimum absolute atomic E-state index is 0.471. The molecule has 0 aromatic carbocycles. The average Bonchev–Trinajstić information content (AvgIpc) is 2.13. The molecule has 2 nitrogen and oxygen atoms in total. The predicted octanol–water partition coefficient (Wildman–Crippen LogP) is 2.42. The third kappa shape index (κ3) is 1.64. The van der Waals surface area contributed by atoms with Crippen LogP contribution in [-0.4, -0.2) is 11.2 Å². The molecule has 0 spiro atoms. The summed E-state index contributed by atoms with van der Waals surface area (Å²) in [6, 6.07) is 0.471. The Balaban J connectivity index is 1.80. The van der Waals surface area contributed by atoms with E-state index in [9.17, 15) is 0 Å². The maximum Gasteiger partial charge on any atom is 0.163 e. The van der Waals surface area contributed by atoms with Crippen molar-refractivity contribution < 1.29 is 0 Å². The van der Waals surface area contributed by atoms with E-state index in [0.717, 1.165) is 17.8 Å². The average molecular weight is 238 g/mol. The summed E-state index contributed by atoms with van der Waals surface area (Å²) >= 11 is 4.99. The molecule has 1 atom stereocenters. The molecular weight excluding hydrogens is 216 g/mol. The van der Waals surface area contributed by atoms with Crippen LogP contribution in [0.1, 0.15) is 45.4 Å². The SMILES string of the molecule is CC(NC(N)=S)C12CC3CC(CC(C3)C1)C2. The lowest BCUT2D eigenvalue weighted by molar-refractivity contribution is -0.0671. The van der Waals surface area contributed by atoms with Gasteiger partial charge in [-0.3, -0.25) is 0 Å². The van der Waals surface area contributed by atoms with Gasteiger partial charge in [-0.25, -0.2) is 0 Å². The van der Waals surface area contributed by atoms with Gasteiger partial charge in [-0.1, -0.05) is 0 Å². The molecule has 3 N–H and O–H groups in total. The van der Waals surface area contributed by atoms with Crippen LogP contribution in [0.15, 0.2) is 0 Å². The molecule has 4 bridgehead atoms.